The first-order valence-corrected chi connectivity index (χ1v) is 6.87. The van der Waals surface area contributed by atoms with Gasteiger partial charge in [-0.2, -0.15) is 16.8 Å². The first kappa shape index (κ1) is 17.1. The van der Waals surface area contributed by atoms with E-state index >= 15 is 0 Å². The number of halogens is 1. The van der Waals surface area contributed by atoms with E-state index in [0.29, 0.717) is 5.02 Å². The van der Waals surface area contributed by atoms with Gasteiger partial charge in [-0.3, -0.25) is 9.11 Å². The van der Waals surface area contributed by atoms with Gasteiger partial charge < -0.3 is 5.11 Å². The third-order valence-corrected chi connectivity index (χ3v) is 1.84. The van der Waals surface area contributed by atoms with Crippen LogP contribution < -0.4 is 0 Å². The van der Waals surface area contributed by atoms with Gasteiger partial charge in [0.2, 0.25) is 0 Å². The van der Waals surface area contributed by atoms with Crippen molar-refractivity contribution < 1.29 is 39.7 Å². The van der Waals surface area contributed by atoms with Gasteiger partial charge in [0.15, 0.2) is 0 Å². The van der Waals surface area contributed by atoms with Crippen LogP contribution in [0.1, 0.15) is 0 Å². The van der Waals surface area contributed by atoms with E-state index in [1.807, 2.05) is 0 Å². The van der Waals surface area contributed by atoms with Crippen LogP contribution in [0.15, 0.2) is 24.3 Å². The normalized spacial score (nSPS) is 11.5. The van der Waals surface area contributed by atoms with Crippen molar-refractivity contribution in [1.82, 2.24) is 0 Å². The predicted octanol–water partition coefficient (Wildman–Crippen LogP) is 0.586. The van der Waals surface area contributed by atoms with Gasteiger partial charge in [0.1, 0.15) is 5.75 Å². The molecule has 104 valence electrons. The van der Waals surface area contributed by atoms with Gasteiger partial charge in [0, 0.05) is 5.02 Å². The van der Waals surface area contributed by atoms with Gasteiger partial charge in [-0.25, -0.2) is 0 Å². The fraction of sp³-hybridized carbons (Fsp3) is 0. The van der Waals surface area contributed by atoms with Gasteiger partial charge in [0.25, 0.3) is 0 Å². The highest BCUT2D eigenvalue weighted by Crippen LogP contribution is 2.12. The molecular weight excluding hydrogens is 316 g/mol. The Hall–Kier alpha value is -0.950. The summed E-state index contributed by atoms with van der Waals surface area (Å²) in [4.78, 5) is 0. The molecule has 0 fully saturated rings. The first-order valence-electron chi connectivity index (χ1n) is 3.77. The van der Waals surface area contributed by atoms with Crippen molar-refractivity contribution in [2.75, 3.05) is 0 Å². The molecule has 12 heteroatoms. The maximum absolute atomic E-state index is 9.51. The summed E-state index contributed by atoms with van der Waals surface area (Å²) < 4.78 is 58.9. The van der Waals surface area contributed by atoms with E-state index in [0.717, 1.165) is 0 Å². The third kappa shape index (κ3) is 11.5. The SMILES string of the molecule is O=S(=O)(O)OOS(=O)(=O)O.Oc1ccc(Cl)cc1. The molecule has 0 unspecified atom stereocenters. The molecule has 9 nitrogen and oxygen atoms in total. The molecule has 0 aliphatic heterocycles. The Labute approximate surface area is 107 Å². The van der Waals surface area contributed by atoms with Crippen LogP contribution in [0.25, 0.3) is 0 Å². The number of phenolic OH excluding ortho intramolecular Hbond substituents is 1. The molecule has 0 saturated heterocycles. The second-order valence-corrected chi connectivity index (χ2v) is 4.89. The average Bonchev–Trinajstić information content (AvgIpc) is 2.19. The Bertz CT molecular complexity index is 509. The second kappa shape index (κ2) is 6.84. The van der Waals surface area contributed by atoms with E-state index in [-0.39, 0.29) is 5.75 Å². The molecular formula is C6H7ClO9S2. The standard InChI is InChI=1S/C6H5ClO.H2O8S2/c7-5-1-3-6(8)4-2-5;1-9(2,3)7-8-10(4,5)6/h1-4,8H;(H,1,2,3)(H,4,5,6). The van der Waals surface area contributed by atoms with Gasteiger partial charge >= 0.3 is 20.8 Å². The Morgan fingerprint density at radius 2 is 1.22 bits per heavy atom. The topological polar surface area (TPSA) is 147 Å². The number of hydrogen-bond acceptors (Lipinski definition) is 7. The van der Waals surface area contributed by atoms with Crippen molar-refractivity contribution in [3.05, 3.63) is 29.3 Å². The second-order valence-electron chi connectivity index (χ2n) is 2.47. The molecule has 0 bridgehead atoms. The minimum atomic E-state index is -5.02. The lowest BCUT2D eigenvalue weighted by Gasteiger charge is -1.92. The lowest BCUT2D eigenvalue weighted by atomic mass is 10.3. The summed E-state index contributed by atoms with van der Waals surface area (Å²) in [6, 6.07) is 6.36. The van der Waals surface area contributed by atoms with Crippen LogP contribution in [0.4, 0.5) is 0 Å². The summed E-state index contributed by atoms with van der Waals surface area (Å²) in [5.41, 5.74) is 0. The number of hydrogen-bond donors (Lipinski definition) is 3. The van der Waals surface area contributed by atoms with Crippen LogP contribution in [0, 0.1) is 0 Å². The molecule has 1 rings (SSSR count). The molecule has 0 spiro atoms. The van der Waals surface area contributed by atoms with Crippen LogP contribution in [0.3, 0.4) is 0 Å². The van der Waals surface area contributed by atoms with Crippen molar-refractivity contribution in [3.8, 4) is 5.75 Å². The number of aromatic hydroxyl groups is 1. The number of phenols is 1. The van der Waals surface area contributed by atoms with E-state index < -0.39 is 20.8 Å². The molecule has 3 N–H and O–H groups in total. The monoisotopic (exact) mass is 322 g/mol. The van der Waals surface area contributed by atoms with Gasteiger partial charge in [-0.05, 0) is 24.3 Å². The van der Waals surface area contributed by atoms with E-state index in [2.05, 4.69) is 8.67 Å². The molecule has 0 heterocycles. The highest BCUT2D eigenvalue weighted by molar-refractivity contribution is 7.83. The summed E-state index contributed by atoms with van der Waals surface area (Å²) in [7, 11) is -10.0. The molecule has 0 saturated carbocycles. The third-order valence-electron chi connectivity index (χ3n) is 1.03. The quantitative estimate of drug-likeness (QED) is 0.413. The molecule has 1 aromatic rings. The molecule has 0 aliphatic rings. The number of benzene rings is 1. The fourth-order valence-electron chi connectivity index (χ4n) is 0.511. The van der Waals surface area contributed by atoms with Crippen molar-refractivity contribution in [3.63, 3.8) is 0 Å². The Morgan fingerprint density at radius 1 is 0.889 bits per heavy atom. The Kier molecular flexibility index (Phi) is 6.48. The molecule has 18 heavy (non-hydrogen) atoms. The van der Waals surface area contributed by atoms with E-state index in [9.17, 15) is 16.8 Å². The summed E-state index contributed by atoms with van der Waals surface area (Å²) >= 11 is 5.50. The smallest absolute Gasteiger partial charge is 0.425 e. The van der Waals surface area contributed by atoms with Crippen LogP contribution in [0.2, 0.25) is 5.02 Å². The first-order chi connectivity index (χ1) is 7.99. The molecule has 0 atom stereocenters. The summed E-state index contributed by atoms with van der Waals surface area (Å²) in [6.07, 6.45) is 0. The van der Waals surface area contributed by atoms with E-state index in [1.54, 1.807) is 24.3 Å². The van der Waals surface area contributed by atoms with Gasteiger partial charge in [0.05, 0.1) is 0 Å². The van der Waals surface area contributed by atoms with Gasteiger partial charge in [-0.1, -0.05) is 20.3 Å². The van der Waals surface area contributed by atoms with Crippen LogP contribution >= 0.6 is 11.6 Å². The predicted molar refractivity (Wildman–Crippen MR) is 58.4 cm³/mol. The molecule has 0 radical (unpaired) electrons. The highest BCUT2D eigenvalue weighted by Gasteiger charge is 2.13. The zero-order valence-electron chi connectivity index (χ0n) is 8.29. The van der Waals surface area contributed by atoms with E-state index in [1.165, 1.54) is 0 Å². The van der Waals surface area contributed by atoms with Crippen molar-refractivity contribution in [2.24, 2.45) is 0 Å². The van der Waals surface area contributed by atoms with E-state index in [4.69, 9.17) is 25.8 Å². The largest absolute Gasteiger partial charge is 0.508 e. The summed E-state index contributed by atoms with van der Waals surface area (Å²) in [5.74, 6) is 0.245. The zero-order chi connectivity index (χ0) is 14.4. The highest BCUT2D eigenvalue weighted by atomic mass is 35.5. The van der Waals surface area contributed by atoms with Gasteiger partial charge in [-0.15, -0.1) is 0 Å². The van der Waals surface area contributed by atoms with Crippen molar-refractivity contribution in [2.45, 2.75) is 0 Å². The van der Waals surface area contributed by atoms with Crippen LogP contribution in [-0.4, -0.2) is 31.0 Å². The number of rotatable bonds is 3. The van der Waals surface area contributed by atoms with Crippen molar-refractivity contribution >= 4 is 32.4 Å². The molecule has 0 aliphatic carbocycles. The molecule has 0 amide bonds. The minimum absolute atomic E-state index is 0.245. The van der Waals surface area contributed by atoms with Crippen LogP contribution in [0.5, 0.6) is 5.75 Å². The Balaban J connectivity index is 0.000000327. The zero-order valence-corrected chi connectivity index (χ0v) is 10.7. The molecule has 0 aromatic heterocycles. The lowest BCUT2D eigenvalue weighted by Crippen LogP contribution is -2.10. The Morgan fingerprint density at radius 3 is 1.44 bits per heavy atom. The maximum Gasteiger partial charge on any atom is 0.425 e. The molecule has 1 aromatic carbocycles. The van der Waals surface area contributed by atoms with Crippen LogP contribution in [-0.2, 0) is 29.5 Å². The summed E-state index contributed by atoms with van der Waals surface area (Å²) in [6.45, 7) is 0. The van der Waals surface area contributed by atoms with Crippen molar-refractivity contribution in [1.29, 1.82) is 0 Å². The maximum atomic E-state index is 9.51. The minimum Gasteiger partial charge on any atom is -0.508 e. The lowest BCUT2D eigenvalue weighted by molar-refractivity contribution is -0.105. The fourth-order valence-corrected chi connectivity index (χ4v) is 1.20. The average molecular weight is 323 g/mol. The summed E-state index contributed by atoms with van der Waals surface area (Å²) in [5, 5.41) is 9.34.